The second kappa shape index (κ2) is 6.02. The summed E-state index contributed by atoms with van der Waals surface area (Å²) in [5.41, 5.74) is 0.721. The lowest BCUT2D eigenvalue weighted by molar-refractivity contribution is -0.384. The maximum atomic E-state index is 10.8. The van der Waals surface area contributed by atoms with Crippen LogP contribution in [0.5, 0.6) is 0 Å². The highest BCUT2D eigenvalue weighted by Crippen LogP contribution is 2.19. The molecule has 1 N–H and O–H groups in total. The minimum atomic E-state index is -0.447. The highest BCUT2D eigenvalue weighted by atomic mass is 32.1. The van der Waals surface area contributed by atoms with Crippen molar-refractivity contribution in [1.29, 1.82) is 0 Å². The monoisotopic (exact) mass is 290 g/mol. The Morgan fingerprint density at radius 1 is 1.40 bits per heavy atom. The van der Waals surface area contributed by atoms with Crippen LogP contribution in [0.2, 0.25) is 0 Å². The predicted molar refractivity (Wildman–Crippen MR) is 76.2 cm³/mol. The molecule has 1 aromatic carbocycles. The van der Waals surface area contributed by atoms with Gasteiger partial charge >= 0.3 is 0 Å². The smallest absolute Gasteiger partial charge is 0.270 e. The second-order valence-corrected chi connectivity index (χ2v) is 4.82. The topological polar surface area (TPSA) is 98.0 Å². The number of carbonyl (C=O) groups excluding carboxylic acids is 1. The van der Waals surface area contributed by atoms with E-state index < -0.39 is 4.92 Å². The first-order valence-electron chi connectivity index (χ1n) is 5.58. The molecule has 1 heterocycles. The van der Waals surface area contributed by atoms with Gasteiger partial charge in [-0.1, -0.05) is 29.5 Å². The van der Waals surface area contributed by atoms with Crippen molar-refractivity contribution in [3.63, 3.8) is 0 Å². The molecule has 0 radical (unpaired) electrons. The molecule has 0 spiro atoms. The van der Waals surface area contributed by atoms with E-state index in [9.17, 15) is 14.9 Å². The molecule has 2 aromatic rings. The molecule has 0 saturated heterocycles. The van der Waals surface area contributed by atoms with Crippen LogP contribution < -0.4 is 5.32 Å². The fraction of sp³-hybridized carbons (Fsp3) is 0.0833. The summed E-state index contributed by atoms with van der Waals surface area (Å²) in [6, 6.07) is 6.25. The van der Waals surface area contributed by atoms with Gasteiger partial charge in [-0.25, -0.2) is 0 Å². The zero-order chi connectivity index (χ0) is 14.5. The van der Waals surface area contributed by atoms with Crippen molar-refractivity contribution in [2.24, 2.45) is 0 Å². The number of nitro benzene ring substituents is 1. The molecule has 102 valence electrons. The Bertz CT molecular complexity index is 681. The van der Waals surface area contributed by atoms with Crippen molar-refractivity contribution in [2.45, 2.75) is 6.92 Å². The van der Waals surface area contributed by atoms with Gasteiger partial charge in [0.1, 0.15) is 5.01 Å². The van der Waals surface area contributed by atoms with Crippen LogP contribution in [-0.2, 0) is 4.79 Å². The van der Waals surface area contributed by atoms with Crippen LogP contribution in [-0.4, -0.2) is 21.0 Å². The lowest BCUT2D eigenvalue weighted by atomic mass is 10.2. The van der Waals surface area contributed by atoms with Gasteiger partial charge in [0.2, 0.25) is 11.0 Å². The zero-order valence-electron chi connectivity index (χ0n) is 10.4. The molecule has 0 fully saturated rings. The van der Waals surface area contributed by atoms with Gasteiger partial charge in [0.25, 0.3) is 5.69 Å². The molecule has 8 heteroatoms. The minimum absolute atomic E-state index is 0.0309. The normalized spacial score (nSPS) is 10.7. The number of benzene rings is 1. The number of amides is 1. The number of nitrogens with one attached hydrogen (secondary N) is 1. The predicted octanol–water partition coefficient (Wildman–Crippen LogP) is 2.58. The number of hydrogen-bond acceptors (Lipinski definition) is 6. The lowest BCUT2D eigenvalue weighted by Crippen LogP contribution is -2.04. The van der Waals surface area contributed by atoms with Crippen LogP contribution in [0.1, 0.15) is 17.5 Å². The maximum absolute atomic E-state index is 10.8. The van der Waals surface area contributed by atoms with Crippen LogP contribution in [0.25, 0.3) is 12.2 Å². The molecule has 2 rings (SSSR count). The molecule has 1 aromatic heterocycles. The van der Waals surface area contributed by atoms with Crippen LogP contribution >= 0.6 is 11.3 Å². The van der Waals surface area contributed by atoms with Crippen LogP contribution in [0.15, 0.2) is 24.3 Å². The third-order valence-electron chi connectivity index (χ3n) is 2.22. The van der Waals surface area contributed by atoms with Crippen molar-refractivity contribution in [2.75, 3.05) is 5.32 Å². The Kier molecular flexibility index (Phi) is 4.16. The van der Waals surface area contributed by atoms with Crippen molar-refractivity contribution in [1.82, 2.24) is 10.2 Å². The number of nitrogens with zero attached hydrogens (tertiary/aromatic N) is 3. The summed E-state index contributed by atoms with van der Waals surface area (Å²) < 4.78 is 0. The maximum Gasteiger partial charge on any atom is 0.270 e. The number of aromatic nitrogens is 2. The number of nitro groups is 1. The Morgan fingerprint density at radius 3 is 2.90 bits per heavy atom. The average molecular weight is 290 g/mol. The Hall–Kier alpha value is -2.61. The van der Waals surface area contributed by atoms with E-state index in [1.165, 1.54) is 30.4 Å². The Labute approximate surface area is 118 Å². The molecular formula is C12H10N4O3S. The van der Waals surface area contributed by atoms with Crippen LogP contribution in [0.4, 0.5) is 10.8 Å². The highest BCUT2D eigenvalue weighted by Gasteiger charge is 2.05. The number of carbonyl (C=O) groups is 1. The molecule has 20 heavy (non-hydrogen) atoms. The summed E-state index contributed by atoms with van der Waals surface area (Å²) in [5.74, 6) is -0.213. The Morgan fingerprint density at radius 2 is 2.20 bits per heavy atom. The van der Waals surface area contributed by atoms with E-state index in [1.807, 2.05) is 0 Å². The molecular weight excluding hydrogens is 280 g/mol. The number of hydrogen-bond donors (Lipinski definition) is 1. The fourth-order valence-electron chi connectivity index (χ4n) is 1.41. The number of anilines is 1. The number of non-ortho nitro benzene ring substituents is 1. The van der Waals surface area contributed by atoms with Crippen LogP contribution in [0.3, 0.4) is 0 Å². The lowest BCUT2D eigenvalue weighted by Gasteiger charge is -1.93. The SMILES string of the molecule is CC(=O)Nc1nnc(C=Cc2cccc([N+](=O)[O-])c2)s1. The van der Waals surface area contributed by atoms with E-state index >= 15 is 0 Å². The van der Waals surface area contributed by atoms with E-state index in [0.29, 0.717) is 15.7 Å². The summed E-state index contributed by atoms with van der Waals surface area (Å²) in [4.78, 5) is 21.1. The molecule has 0 aliphatic heterocycles. The van der Waals surface area contributed by atoms with Crippen LogP contribution in [0, 0.1) is 10.1 Å². The first-order valence-corrected chi connectivity index (χ1v) is 6.40. The van der Waals surface area contributed by atoms with E-state index in [-0.39, 0.29) is 11.6 Å². The van der Waals surface area contributed by atoms with Gasteiger partial charge in [-0.05, 0) is 11.6 Å². The van der Waals surface area contributed by atoms with Gasteiger partial charge in [-0.15, -0.1) is 10.2 Å². The van der Waals surface area contributed by atoms with Gasteiger partial charge in [-0.2, -0.15) is 0 Å². The number of rotatable bonds is 4. The van der Waals surface area contributed by atoms with E-state index in [1.54, 1.807) is 24.3 Å². The van der Waals surface area contributed by atoms with Gasteiger partial charge < -0.3 is 5.32 Å². The molecule has 0 saturated carbocycles. The van der Waals surface area contributed by atoms with Crippen molar-refractivity contribution in [3.05, 3.63) is 45.0 Å². The summed E-state index contributed by atoms with van der Waals surface area (Å²) in [7, 11) is 0. The van der Waals surface area contributed by atoms with Crippen molar-refractivity contribution >= 4 is 40.2 Å². The highest BCUT2D eigenvalue weighted by molar-refractivity contribution is 7.16. The summed E-state index contributed by atoms with van der Waals surface area (Å²) in [5, 5.41) is 21.9. The molecule has 0 aliphatic carbocycles. The standard InChI is InChI=1S/C12H10N4O3S/c1-8(17)13-12-15-14-11(20-12)6-5-9-3-2-4-10(7-9)16(18)19/h2-7H,1H3,(H,13,15,17). The average Bonchev–Trinajstić information content (AvgIpc) is 2.83. The van der Waals surface area contributed by atoms with Crippen molar-refractivity contribution in [3.8, 4) is 0 Å². The minimum Gasteiger partial charge on any atom is -0.301 e. The summed E-state index contributed by atoms with van der Waals surface area (Å²) in [6.07, 6.45) is 3.38. The molecule has 0 atom stereocenters. The van der Waals surface area contributed by atoms with Gasteiger partial charge in [0.05, 0.1) is 4.92 Å². The summed E-state index contributed by atoms with van der Waals surface area (Å²) in [6.45, 7) is 1.39. The molecule has 1 amide bonds. The molecule has 0 unspecified atom stereocenters. The van der Waals surface area contributed by atoms with Gasteiger partial charge in [0.15, 0.2) is 0 Å². The zero-order valence-corrected chi connectivity index (χ0v) is 11.3. The quantitative estimate of drug-likeness (QED) is 0.689. The molecule has 0 bridgehead atoms. The first-order chi connectivity index (χ1) is 9.54. The third-order valence-corrected chi connectivity index (χ3v) is 3.03. The summed E-state index contributed by atoms with van der Waals surface area (Å²) >= 11 is 1.22. The second-order valence-electron chi connectivity index (χ2n) is 3.81. The fourth-order valence-corrected chi connectivity index (χ4v) is 2.10. The third kappa shape index (κ3) is 3.69. The molecule has 0 aliphatic rings. The van der Waals surface area contributed by atoms with Gasteiger partial charge in [0, 0.05) is 19.1 Å². The Balaban J connectivity index is 2.12. The van der Waals surface area contributed by atoms with Gasteiger partial charge in [-0.3, -0.25) is 14.9 Å². The van der Waals surface area contributed by atoms with Crippen molar-refractivity contribution < 1.29 is 9.72 Å². The van der Waals surface area contributed by atoms with E-state index in [0.717, 1.165) is 0 Å². The largest absolute Gasteiger partial charge is 0.301 e. The van der Waals surface area contributed by atoms with E-state index in [4.69, 9.17) is 0 Å². The first kappa shape index (κ1) is 13.8. The molecule has 7 nitrogen and oxygen atoms in total. The van der Waals surface area contributed by atoms with E-state index in [2.05, 4.69) is 15.5 Å².